The molecule has 2 rings (SSSR count). The fraction of sp³-hybridized carbons (Fsp3) is 1.00. The van der Waals surface area contributed by atoms with Crippen molar-refractivity contribution in [2.45, 2.75) is 43.9 Å². The highest BCUT2D eigenvalue weighted by molar-refractivity contribution is 7.89. The average molecular weight is 329 g/mol. The molecule has 3 unspecified atom stereocenters. The molecule has 0 aromatic heterocycles. The van der Waals surface area contributed by atoms with Crippen LogP contribution in [0.1, 0.15) is 25.7 Å². The van der Waals surface area contributed by atoms with E-state index >= 15 is 0 Å². The molecule has 8 heteroatoms. The predicted octanol–water partition coefficient (Wildman–Crippen LogP) is 0.355. The molecule has 2 N–H and O–H groups in total. The zero-order valence-electron chi connectivity index (χ0n) is 11.9. The Morgan fingerprint density at radius 2 is 2.15 bits per heavy atom. The number of hydrogen-bond donors (Lipinski definition) is 1. The lowest BCUT2D eigenvalue weighted by atomic mass is 10.0. The minimum Gasteiger partial charge on any atom is -0.381 e. The van der Waals surface area contributed by atoms with Crippen molar-refractivity contribution >= 4 is 22.4 Å². The van der Waals surface area contributed by atoms with E-state index in [1.807, 2.05) is 0 Å². The fourth-order valence-corrected chi connectivity index (χ4v) is 4.83. The molecule has 2 aliphatic rings. The Hall–Kier alpha value is 0.0800. The van der Waals surface area contributed by atoms with Crippen LogP contribution in [0.15, 0.2) is 0 Å². The summed E-state index contributed by atoms with van der Waals surface area (Å²) in [4.78, 5) is 0. The van der Waals surface area contributed by atoms with Crippen molar-refractivity contribution in [3.8, 4) is 0 Å². The van der Waals surface area contributed by atoms with E-state index in [1.54, 1.807) is 11.4 Å². The van der Waals surface area contributed by atoms with Gasteiger partial charge in [0.05, 0.1) is 18.0 Å². The lowest BCUT2D eigenvalue weighted by molar-refractivity contribution is 0.0396. The summed E-state index contributed by atoms with van der Waals surface area (Å²) in [6.07, 6.45) is 3.16. The summed E-state index contributed by atoms with van der Waals surface area (Å²) in [5.41, 5.74) is 5.72. The molecule has 20 heavy (non-hydrogen) atoms. The summed E-state index contributed by atoms with van der Waals surface area (Å²) in [7, 11) is -1.63. The highest BCUT2D eigenvalue weighted by Crippen LogP contribution is 2.24. The number of halogens is 1. The van der Waals surface area contributed by atoms with Crippen LogP contribution < -0.4 is 5.73 Å². The van der Waals surface area contributed by atoms with Crippen molar-refractivity contribution in [2.75, 3.05) is 32.6 Å². The summed E-state index contributed by atoms with van der Waals surface area (Å²) in [6.45, 7) is 1.51. The maximum Gasteiger partial charge on any atom is 0.216 e. The Balaban J connectivity index is 0.00000200. The van der Waals surface area contributed by atoms with E-state index in [2.05, 4.69) is 0 Å². The van der Waals surface area contributed by atoms with Crippen molar-refractivity contribution in [1.29, 1.82) is 0 Å². The van der Waals surface area contributed by atoms with Gasteiger partial charge in [-0.25, -0.2) is 8.42 Å². The number of ether oxygens (including phenoxy) is 2. The van der Waals surface area contributed by atoms with Gasteiger partial charge < -0.3 is 15.2 Å². The number of nitrogens with two attached hydrogens (primary N) is 1. The Morgan fingerprint density at radius 3 is 2.70 bits per heavy atom. The van der Waals surface area contributed by atoms with Crippen LogP contribution in [0, 0.1) is 0 Å². The van der Waals surface area contributed by atoms with Crippen LogP contribution in [0.2, 0.25) is 0 Å². The Labute approximate surface area is 127 Å². The molecule has 2 saturated heterocycles. The van der Waals surface area contributed by atoms with E-state index in [-0.39, 0.29) is 36.4 Å². The van der Waals surface area contributed by atoms with Gasteiger partial charge in [0.25, 0.3) is 0 Å². The smallest absolute Gasteiger partial charge is 0.216 e. The van der Waals surface area contributed by atoms with Gasteiger partial charge >= 0.3 is 0 Å². The Kier molecular flexibility index (Phi) is 7.17. The number of hydrogen-bond acceptors (Lipinski definition) is 5. The van der Waals surface area contributed by atoms with Crippen LogP contribution >= 0.6 is 12.4 Å². The van der Waals surface area contributed by atoms with Crippen LogP contribution in [0.5, 0.6) is 0 Å². The lowest BCUT2D eigenvalue weighted by Crippen LogP contribution is -2.52. The lowest BCUT2D eigenvalue weighted by Gasteiger charge is -2.37. The molecule has 6 nitrogen and oxygen atoms in total. The molecular weight excluding hydrogens is 304 g/mol. The highest BCUT2D eigenvalue weighted by atomic mass is 35.5. The van der Waals surface area contributed by atoms with Crippen molar-refractivity contribution < 1.29 is 17.9 Å². The summed E-state index contributed by atoms with van der Waals surface area (Å²) in [5, 5.41) is 0. The molecule has 0 aliphatic carbocycles. The van der Waals surface area contributed by atoms with Gasteiger partial charge in [-0.15, -0.1) is 12.4 Å². The summed E-state index contributed by atoms with van der Waals surface area (Å²) in [5.74, 6) is 0.0845. The second-order valence-corrected chi connectivity index (χ2v) is 7.26. The van der Waals surface area contributed by atoms with Gasteiger partial charge in [-0.05, 0) is 25.7 Å². The normalized spacial score (nSPS) is 32.0. The second-order valence-electron chi connectivity index (χ2n) is 5.30. The zero-order valence-corrected chi connectivity index (χ0v) is 13.5. The molecule has 0 radical (unpaired) electrons. The molecule has 0 amide bonds. The van der Waals surface area contributed by atoms with E-state index in [0.717, 1.165) is 19.3 Å². The van der Waals surface area contributed by atoms with Crippen LogP contribution in [-0.2, 0) is 19.5 Å². The standard InChI is InChI=1S/C12H24N2O4S.ClH/c1-17-11-4-5-14(10(7-11)8-13)19(15,16)9-12-3-2-6-18-12;/h10-12H,2-9,13H2,1H3;1H. The quantitative estimate of drug-likeness (QED) is 0.787. The zero-order chi connectivity index (χ0) is 13.9. The average Bonchev–Trinajstić information content (AvgIpc) is 2.89. The second kappa shape index (κ2) is 7.91. The number of rotatable bonds is 5. The van der Waals surface area contributed by atoms with Crippen molar-refractivity contribution in [1.82, 2.24) is 4.31 Å². The van der Waals surface area contributed by atoms with E-state index in [0.29, 0.717) is 26.1 Å². The summed E-state index contributed by atoms with van der Waals surface area (Å²) < 4.78 is 37.2. The van der Waals surface area contributed by atoms with Gasteiger partial charge in [0.1, 0.15) is 0 Å². The summed E-state index contributed by atoms with van der Waals surface area (Å²) >= 11 is 0. The molecule has 0 saturated carbocycles. The number of piperidine rings is 1. The molecule has 2 heterocycles. The topological polar surface area (TPSA) is 81.9 Å². The van der Waals surface area contributed by atoms with Crippen molar-refractivity contribution in [3.63, 3.8) is 0 Å². The first-order valence-corrected chi connectivity index (χ1v) is 8.51. The molecule has 0 spiro atoms. The highest BCUT2D eigenvalue weighted by Gasteiger charge is 2.37. The maximum absolute atomic E-state index is 12.5. The minimum atomic E-state index is -3.29. The van der Waals surface area contributed by atoms with E-state index in [9.17, 15) is 8.42 Å². The minimum absolute atomic E-state index is 0. The van der Waals surface area contributed by atoms with Crippen LogP contribution in [0.3, 0.4) is 0 Å². The molecule has 2 fully saturated rings. The number of sulfonamides is 1. The predicted molar refractivity (Wildman–Crippen MR) is 79.6 cm³/mol. The van der Waals surface area contributed by atoms with Crippen LogP contribution in [0.25, 0.3) is 0 Å². The SMILES string of the molecule is COC1CCN(S(=O)(=O)CC2CCCO2)C(CN)C1.Cl. The van der Waals surface area contributed by atoms with E-state index in [1.165, 1.54) is 0 Å². The first-order chi connectivity index (χ1) is 9.06. The fourth-order valence-electron chi connectivity index (χ4n) is 2.89. The van der Waals surface area contributed by atoms with Crippen LogP contribution in [-0.4, -0.2) is 63.5 Å². The van der Waals surface area contributed by atoms with Crippen LogP contribution in [0.4, 0.5) is 0 Å². The molecular formula is C12H25ClN2O4S. The number of methoxy groups -OCH3 is 1. The van der Waals surface area contributed by atoms with Gasteiger partial charge in [0.2, 0.25) is 10.0 Å². The molecule has 0 aromatic carbocycles. The first-order valence-electron chi connectivity index (χ1n) is 6.91. The van der Waals surface area contributed by atoms with Gasteiger partial charge in [0, 0.05) is 32.8 Å². The Morgan fingerprint density at radius 1 is 1.40 bits per heavy atom. The molecule has 3 atom stereocenters. The van der Waals surface area contributed by atoms with Gasteiger partial charge in [-0.1, -0.05) is 0 Å². The third-order valence-corrected chi connectivity index (χ3v) is 5.99. The molecule has 2 aliphatic heterocycles. The third kappa shape index (κ3) is 4.29. The van der Waals surface area contributed by atoms with Gasteiger partial charge in [0.15, 0.2) is 0 Å². The van der Waals surface area contributed by atoms with Crippen molar-refractivity contribution in [3.05, 3.63) is 0 Å². The third-order valence-electron chi connectivity index (χ3n) is 4.00. The van der Waals surface area contributed by atoms with Gasteiger partial charge in [-0.3, -0.25) is 0 Å². The summed E-state index contributed by atoms with van der Waals surface area (Å²) in [6, 6.07) is -0.148. The first kappa shape index (κ1) is 18.1. The molecule has 0 aromatic rings. The monoisotopic (exact) mass is 328 g/mol. The Bertz CT molecular complexity index is 387. The maximum atomic E-state index is 12.5. The molecule has 0 bridgehead atoms. The van der Waals surface area contributed by atoms with E-state index in [4.69, 9.17) is 15.2 Å². The van der Waals surface area contributed by atoms with Gasteiger partial charge in [-0.2, -0.15) is 4.31 Å². The van der Waals surface area contributed by atoms with E-state index < -0.39 is 10.0 Å². The molecule has 120 valence electrons. The number of nitrogens with zero attached hydrogens (tertiary/aromatic N) is 1. The largest absolute Gasteiger partial charge is 0.381 e. The van der Waals surface area contributed by atoms with Crippen molar-refractivity contribution in [2.24, 2.45) is 5.73 Å².